The fourth-order valence-electron chi connectivity index (χ4n) is 2.14. The van der Waals surface area contributed by atoms with Crippen molar-refractivity contribution in [3.05, 3.63) is 82.3 Å². The monoisotopic (exact) mass is 310 g/mol. The molecule has 0 heterocycles. The summed E-state index contributed by atoms with van der Waals surface area (Å²) < 4.78 is 1.05. The van der Waals surface area contributed by atoms with Crippen molar-refractivity contribution in [3.63, 3.8) is 0 Å². The average Bonchev–Trinajstić information content (AvgIpc) is 2.47. The number of hydrogen-bond acceptors (Lipinski definition) is 1. The molecule has 0 aliphatic rings. The lowest BCUT2D eigenvalue weighted by molar-refractivity contribution is 0.103. The van der Waals surface area contributed by atoms with E-state index < -0.39 is 0 Å². The lowest BCUT2D eigenvalue weighted by atomic mass is 10.00. The van der Waals surface area contributed by atoms with E-state index in [1.54, 1.807) is 0 Å². The molecule has 1 nitrogen and oxygen atoms in total. The number of benzene rings is 3. The first kappa shape index (κ1) is 12.1. The van der Waals surface area contributed by atoms with Gasteiger partial charge in [0.15, 0.2) is 5.78 Å². The maximum atomic E-state index is 12.4. The van der Waals surface area contributed by atoms with Crippen molar-refractivity contribution in [1.82, 2.24) is 0 Å². The molecule has 0 atom stereocenters. The van der Waals surface area contributed by atoms with Gasteiger partial charge >= 0.3 is 0 Å². The van der Waals surface area contributed by atoms with E-state index in [0.29, 0.717) is 0 Å². The molecule has 3 aromatic rings. The van der Waals surface area contributed by atoms with Gasteiger partial charge in [0, 0.05) is 15.6 Å². The van der Waals surface area contributed by atoms with Crippen LogP contribution in [-0.4, -0.2) is 5.78 Å². The van der Waals surface area contributed by atoms with Crippen molar-refractivity contribution in [3.8, 4) is 0 Å². The summed E-state index contributed by atoms with van der Waals surface area (Å²) in [5, 5.41) is 2.18. The predicted octanol–water partition coefficient (Wildman–Crippen LogP) is 4.83. The molecular formula is C17H11BrO. The van der Waals surface area contributed by atoms with Crippen molar-refractivity contribution in [1.29, 1.82) is 0 Å². The second-order valence-corrected chi connectivity index (χ2v) is 5.23. The van der Waals surface area contributed by atoms with Gasteiger partial charge in [-0.05, 0) is 22.9 Å². The summed E-state index contributed by atoms with van der Waals surface area (Å²) in [5.41, 5.74) is 1.44. The summed E-state index contributed by atoms with van der Waals surface area (Å²) >= 11 is 3.52. The molecule has 19 heavy (non-hydrogen) atoms. The fraction of sp³-hybridized carbons (Fsp3) is 0. The van der Waals surface area contributed by atoms with Crippen LogP contribution in [0.25, 0.3) is 10.8 Å². The van der Waals surface area contributed by atoms with E-state index in [4.69, 9.17) is 0 Å². The molecule has 3 aromatic carbocycles. The van der Waals surface area contributed by atoms with Crippen molar-refractivity contribution >= 4 is 32.5 Å². The number of halogens is 1. The lowest BCUT2D eigenvalue weighted by Crippen LogP contribution is -2.00. The fourth-order valence-corrected chi connectivity index (χ4v) is 2.66. The van der Waals surface area contributed by atoms with Gasteiger partial charge in [-0.3, -0.25) is 4.79 Å². The first-order chi connectivity index (χ1) is 9.25. The van der Waals surface area contributed by atoms with Gasteiger partial charge in [0.2, 0.25) is 0 Å². The van der Waals surface area contributed by atoms with Crippen molar-refractivity contribution in [2.75, 3.05) is 0 Å². The molecule has 0 saturated carbocycles. The highest BCUT2D eigenvalue weighted by molar-refractivity contribution is 9.10. The van der Waals surface area contributed by atoms with Gasteiger partial charge in [-0.15, -0.1) is 0 Å². The summed E-state index contributed by atoms with van der Waals surface area (Å²) in [6, 6.07) is 21.1. The molecule has 0 spiro atoms. The third kappa shape index (κ3) is 2.32. The summed E-state index contributed by atoms with van der Waals surface area (Å²) in [4.78, 5) is 12.4. The quantitative estimate of drug-likeness (QED) is 0.619. The zero-order valence-corrected chi connectivity index (χ0v) is 11.7. The van der Waals surface area contributed by atoms with Crippen LogP contribution < -0.4 is 0 Å². The zero-order chi connectivity index (χ0) is 13.2. The third-order valence-corrected chi connectivity index (χ3v) is 3.82. The van der Waals surface area contributed by atoms with Gasteiger partial charge in [0.1, 0.15) is 0 Å². The van der Waals surface area contributed by atoms with E-state index in [2.05, 4.69) is 15.9 Å². The molecule has 0 fully saturated rings. The highest BCUT2D eigenvalue weighted by atomic mass is 79.9. The zero-order valence-electron chi connectivity index (χ0n) is 10.1. The van der Waals surface area contributed by atoms with E-state index in [9.17, 15) is 4.79 Å². The first-order valence-electron chi connectivity index (χ1n) is 6.04. The van der Waals surface area contributed by atoms with E-state index in [1.165, 1.54) is 0 Å². The van der Waals surface area contributed by atoms with Crippen molar-refractivity contribution in [2.24, 2.45) is 0 Å². The Morgan fingerprint density at radius 2 is 1.58 bits per heavy atom. The number of hydrogen-bond donors (Lipinski definition) is 0. The molecule has 0 aromatic heterocycles. The van der Waals surface area contributed by atoms with Gasteiger partial charge in [-0.2, -0.15) is 0 Å². The predicted molar refractivity (Wildman–Crippen MR) is 81.5 cm³/mol. The minimum Gasteiger partial charge on any atom is -0.289 e. The van der Waals surface area contributed by atoms with Crippen LogP contribution in [0.3, 0.4) is 0 Å². The number of carbonyl (C=O) groups excluding carboxylic acids is 1. The maximum Gasteiger partial charge on any atom is 0.193 e. The minimum atomic E-state index is 0.0578. The third-order valence-electron chi connectivity index (χ3n) is 3.13. The minimum absolute atomic E-state index is 0.0578. The van der Waals surface area contributed by atoms with Crippen LogP contribution in [0.4, 0.5) is 0 Å². The molecule has 0 radical (unpaired) electrons. The Balaban J connectivity index is 2.09. The molecule has 92 valence electrons. The molecule has 0 aliphatic carbocycles. The topological polar surface area (TPSA) is 17.1 Å². The van der Waals surface area contributed by atoms with Crippen molar-refractivity contribution in [2.45, 2.75) is 0 Å². The molecule has 0 unspecified atom stereocenters. The molecule has 3 rings (SSSR count). The Morgan fingerprint density at radius 1 is 0.789 bits per heavy atom. The van der Waals surface area contributed by atoms with Crippen LogP contribution >= 0.6 is 15.9 Å². The van der Waals surface area contributed by atoms with Gasteiger partial charge in [0.05, 0.1) is 0 Å². The normalized spacial score (nSPS) is 10.6. The van der Waals surface area contributed by atoms with Crippen LogP contribution in [0, 0.1) is 0 Å². The Hall–Kier alpha value is -1.93. The second-order valence-electron chi connectivity index (χ2n) is 4.37. The van der Waals surface area contributed by atoms with Crippen LogP contribution in [0.1, 0.15) is 15.9 Å². The van der Waals surface area contributed by atoms with Crippen LogP contribution in [0.15, 0.2) is 71.2 Å². The van der Waals surface area contributed by atoms with Gasteiger partial charge in [0.25, 0.3) is 0 Å². The Bertz CT molecular complexity index is 748. The molecule has 0 saturated heterocycles. The van der Waals surface area contributed by atoms with Gasteiger partial charge < -0.3 is 0 Å². The summed E-state index contributed by atoms with van der Waals surface area (Å²) in [6.07, 6.45) is 0. The number of carbonyl (C=O) groups is 1. The van der Waals surface area contributed by atoms with E-state index in [-0.39, 0.29) is 5.78 Å². The highest BCUT2D eigenvalue weighted by Gasteiger charge is 2.09. The second kappa shape index (κ2) is 4.98. The highest BCUT2D eigenvalue weighted by Crippen LogP contribution is 2.25. The van der Waals surface area contributed by atoms with Gasteiger partial charge in [-0.1, -0.05) is 70.5 Å². The Kier molecular flexibility index (Phi) is 3.18. The van der Waals surface area contributed by atoms with E-state index in [0.717, 1.165) is 26.4 Å². The average molecular weight is 311 g/mol. The molecular weight excluding hydrogens is 300 g/mol. The number of ketones is 1. The Labute approximate surface area is 120 Å². The first-order valence-corrected chi connectivity index (χ1v) is 6.83. The smallest absolute Gasteiger partial charge is 0.193 e. The van der Waals surface area contributed by atoms with E-state index >= 15 is 0 Å². The summed E-state index contributed by atoms with van der Waals surface area (Å²) in [5.74, 6) is 0.0578. The molecule has 0 bridgehead atoms. The van der Waals surface area contributed by atoms with Crippen molar-refractivity contribution < 1.29 is 4.79 Å². The standard InChI is InChI=1S/C17H11BrO/c18-16-8-4-7-13-11-14(9-10-15(13)16)17(19)12-5-2-1-3-6-12/h1-11H. The van der Waals surface area contributed by atoms with Gasteiger partial charge in [-0.25, -0.2) is 0 Å². The maximum absolute atomic E-state index is 12.4. The van der Waals surface area contributed by atoms with E-state index in [1.807, 2.05) is 66.7 Å². The SMILES string of the molecule is O=C(c1ccccc1)c1ccc2c(Br)cccc2c1. The summed E-state index contributed by atoms with van der Waals surface area (Å²) in [6.45, 7) is 0. The lowest BCUT2D eigenvalue weighted by Gasteiger charge is -2.04. The Morgan fingerprint density at radius 3 is 2.37 bits per heavy atom. The molecule has 0 N–H and O–H groups in total. The van der Waals surface area contributed by atoms with Crippen LogP contribution in [0.2, 0.25) is 0 Å². The van der Waals surface area contributed by atoms with Crippen LogP contribution in [-0.2, 0) is 0 Å². The largest absolute Gasteiger partial charge is 0.289 e. The molecule has 0 aliphatic heterocycles. The number of fused-ring (bicyclic) bond motifs is 1. The molecule has 2 heteroatoms. The summed E-state index contributed by atoms with van der Waals surface area (Å²) in [7, 11) is 0. The number of rotatable bonds is 2. The van der Waals surface area contributed by atoms with Crippen LogP contribution in [0.5, 0.6) is 0 Å². The molecule has 0 amide bonds.